The lowest BCUT2D eigenvalue weighted by Crippen LogP contribution is -2.65. The van der Waals surface area contributed by atoms with Crippen LogP contribution >= 0.6 is 0 Å². The Hall–Kier alpha value is -2.84. The van der Waals surface area contributed by atoms with Gasteiger partial charge < -0.3 is 15.0 Å². The largest absolute Gasteiger partial charge is 0.378 e. The maximum Gasteiger partial charge on any atom is 0.157 e. The number of hydrogen-bond donors (Lipinski definition) is 1. The van der Waals surface area contributed by atoms with Crippen molar-refractivity contribution in [3.8, 4) is 0 Å². The summed E-state index contributed by atoms with van der Waals surface area (Å²) in [6, 6.07) is 6.95. The molecule has 4 heterocycles. The Labute approximate surface area is 194 Å². The molecule has 2 saturated heterocycles. The Morgan fingerprint density at radius 3 is 2.79 bits per heavy atom. The van der Waals surface area contributed by atoms with E-state index in [9.17, 15) is 4.39 Å². The fourth-order valence-corrected chi connectivity index (χ4v) is 5.13. The van der Waals surface area contributed by atoms with Gasteiger partial charge in [0.1, 0.15) is 11.6 Å². The van der Waals surface area contributed by atoms with Crippen LogP contribution in [0.1, 0.15) is 36.7 Å². The standard InChI is InChI=1S/C25H31FN6O/c1-16-11-19(26)5-6-20(16)17(2)28-24-21-12-23(27-13-22(21)18(3)29-30-24)31-7-8-32-9-10-33-15-25(32,4)14-31/h5-6,11-13,17H,7-10,14-15H2,1-4H3,(H,28,30)/t17-,25+/m1/s1. The maximum atomic E-state index is 13.6. The molecule has 2 aliphatic heterocycles. The molecule has 0 bridgehead atoms. The summed E-state index contributed by atoms with van der Waals surface area (Å²) in [6.45, 7) is 13.5. The first-order valence-corrected chi connectivity index (χ1v) is 11.6. The summed E-state index contributed by atoms with van der Waals surface area (Å²) < 4.78 is 19.4. The van der Waals surface area contributed by atoms with Gasteiger partial charge in [-0.1, -0.05) is 6.07 Å². The van der Waals surface area contributed by atoms with E-state index in [0.717, 1.165) is 72.8 Å². The van der Waals surface area contributed by atoms with E-state index in [-0.39, 0.29) is 17.4 Å². The minimum Gasteiger partial charge on any atom is -0.378 e. The average molecular weight is 451 g/mol. The highest BCUT2D eigenvalue weighted by Gasteiger charge is 2.40. The summed E-state index contributed by atoms with van der Waals surface area (Å²) >= 11 is 0. The summed E-state index contributed by atoms with van der Waals surface area (Å²) in [5, 5.41) is 14.3. The van der Waals surface area contributed by atoms with E-state index in [2.05, 4.69) is 45.2 Å². The van der Waals surface area contributed by atoms with Crippen LogP contribution in [-0.4, -0.2) is 65.0 Å². The summed E-state index contributed by atoms with van der Waals surface area (Å²) in [5.74, 6) is 1.42. The monoisotopic (exact) mass is 450 g/mol. The second-order valence-corrected chi connectivity index (χ2v) is 9.55. The molecular weight excluding hydrogens is 419 g/mol. The minimum absolute atomic E-state index is 0.00471. The number of piperazine rings is 1. The number of aromatic nitrogens is 3. The van der Waals surface area contributed by atoms with Crippen molar-refractivity contribution in [3.05, 3.63) is 53.1 Å². The number of nitrogens with zero attached hydrogens (tertiary/aromatic N) is 5. The molecule has 0 aliphatic carbocycles. The molecule has 0 radical (unpaired) electrons. The van der Waals surface area contributed by atoms with Crippen LogP contribution in [0, 0.1) is 19.7 Å². The van der Waals surface area contributed by atoms with E-state index in [1.165, 1.54) is 6.07 Å². The Morgan fingerprint density at radius 2 is 1.97 bits per heavy atom. The lowest BCUT2D eigenvalue weighted by molar-refractivity contribution is -0.0642. The summed E-state index contributed by atoms with van der Waals surface area (Å²) in [7, 11) is 0. The van der Waals surface area contributed by atoms with Crippen LogP contribution < -0.4 is 10.2 Å². The predicted octanol–water partition coefficient (Wildman–Crippen LogP) is 3.86. The van der Waals surface area contributed by atoms with E-state index in [1.807, 2.05) is 26.1 Å². The van der Waals surface area contributed by atoms with Crippen LogP contribution in [-0.2, 0) is 4.74 Å². The molecule has 33 heavy (non-hydrogen) atoms. The molecule has 8 heteroatoms. The summed E-state index contributed by atoms with van der Waals surface area (Å²) in [4.78, 5) is 9.67. The van der Waals surface area contributed by atoms with Crippen molar-refractivity contribution in [1.82, 2.24) is 20.1 Å². The van der Waals surface area contributed by atoms with Crippen LogP contribution in [0.25, 0.3) is 10.8 Å². The fraction of sp³-hybridized carbons (Fsp3) is 0.480. The van der Waals surface area contributed by atoms with E-state index in [4.69, 9.17) is 9.72 Å². The quantitative estimate of drug-likeness (QED) is 0.647. The number of ether oxygens (including phenoxy) is 1. The number of pyridine rings is 1. The zero-order valence-electron chi connectivity index (χ0n) is 19.7. The van der Waals surface area contributed by atoms with Gasteiger partial charge >= 0.3 is 0 Å². The topological polar surface area (TPSA) is 66.4 Å². The van der Waals surface area contributed by atoms with Gasteiger partial charge in [0.05, 0.1) is 30.5 Å². The Balaban J connectivity index is 1.46. The van der Waals surface area contributed by atoms with E-state index in [1.54, 1.807) is 6.07 Å². The fourth-order valence-electron chi connectivity index (χ4n) is 5.13. The Bertz CT molecular complexity index is 1190. The first-order valence-electron chi connectivity index (χ1n) is 11.6. The molecule has 2 fully saturated rings. The van der Waals surface area contributed by atoms with Gasteiger partial charge in [-0.05, 0) is 57.0 Å². The van der Waals surface area contributed by atoms with Crippen molar-refractivity contribution in [2.24, 2.45) is 0 Å². The molecule has 2 aliphatic rings. The van der Waals surface area contributed by atoms with E-state index < -0.39 is 0 Å². The van der Waals surface area contributed by atoms with Gasteiger partial charge in [0.2, 0.25) is 0 Å². The normalized spacial score (nSPS) is 22.3. The molecule has 2 atom stereocenters. The van der Waals surface area contributed by atoms with Crippen molar-refractivity contribution >= 4 is 22.4 Å². The number of anilines is 2. The second-order valence-electron chi connectivity index (χ2n) is 9.55. The average Bonchev–Trinajstić information content (AvgIpc) is 2.79. The number of fused-ring (bicyclic) bond motifs is 2. The minimum atomic E-state index is -0.225. The van der Waals surface area contributed by atoms with Crippen molar-refractivity contribution in [1.29, 1.82) is 0 Å². The summed E-state index contributed by atoms with van der Waals surface area (Å²) in [5.41, 5.74) is 2.78. The van der Waals surface area contributed by atoms with Crippen molar-refractivity contribution < 1.29 is 9.13 Å². The number of aryl methyl sites for hydroxylation is 2. The number of morpholine rings is 1. The number of halogens is 1. The van der Waals surface area contributed by atoms with E-state index in [0.29, 0.717) is 5.82 Å². The summed E-state index contributed by atoms with van der Waals surface area (Å²) in [6.07, 6.45) is 1.90. The molecule has 0 spiro atoms. The predicted molar refractivity (Wildman–Crippen MR) is 128 cm³/mol. The molecule has 5 rings (SSSR count). The van der Waals surface area contributed by atoms with Gasteiger partial charge in [-0.3, -0.25) is 4.90 Å². The highest BCUT2D eigenvalue weighted by molar-refractivity contribution is 5.94. The number of hydrogen-bond acceptors (Lipinski definition) is 7. The van der Waals surface area contributed by atoms with E-state index >= 15 is 0 Å². The number of benzene rings is 1. The Kier molecular flexibility index (Phi) is 5.66. The van der Waals surface area contributed by atoms with Crippen LogP contribution in [0.4, 0.5) is 16.0 Å². The zero-order chi connectivity index (χ0) is 23.2. The first kappa shape index (κ1) is 22.0. The number of nitrogens with one attached hydrogen (secondary N) is 1. The van der Waals surface area contributed by atoms with Crippen molar-refractivity contribution in [2.45, 2.75) is 39.3 Å². The van der Waals surface area contributed by atoms with Gasteiger partial charge in [-0.25, -0.2) is 9.37 Å². The molecule has 2 aromatic heterocycles. The molecule has 0 saturated carbocycles. The molecule has 7 nitrogen and oxygen atoms in total. The zero-order valence-corrected chi connectivity index (χ0v) is 19.7. The van der Waals surface area contributed by atoms with Crippen LogP contribution in [0.5, 0.6) is 0 Å². The van der Waals surface area contributed by atoms with Crippen LogP contribution in [0.15, 0.2) is 30.5 Å². The van der Waals surface area contributed by atoms with Crippen LogP contribution in [0.2, 0.25) is 0 Å². The molecule has 1 aromatic carbocycles. The third-order valence-electron chi connectivity index (χ3n) is 7.06. The van der Waals surface area contributed by atoms with Crippen LogP contribution in [0.3, 0.4) is 0 Å². The third-order valence-corrected chi connectivity index (χ3v) is 7.06. The first-order chi connectivity index (χ1) is 15.8. The molecule has 3 aromatic rings. The van der Waals surface area contributed by atoms with Gasteiger partial charge in [0, 0.05) is 43.1 Å². The Morgan fingerprint density at radius 1 is 1.12 bits per heavy atom. The smallest absolute Gasteiger partial charge is 0.157 e. The van der Waals surface area contributed by atoms with Gasteiger partial charge in [0.25, 0.3) is 0 Å². The lowest BCUT2D eigenvalue weighted by Gasteiger charge is -2.51. The lowest BCUT2D eigenvalue weighted by atomic mass is 9.95. The van der Waals surface area contributed by atoms with Gasteiger partial charge in [-0.2, -0.15) is 5.10 Å². The molecular formula is C25H31FN6O. The molecule has 1 N–H and O–H groups in total. The second kappa shape index (κ2) is 8.50. The SMILES string of the molecule is Cc1cc(F)ccc1[C@@H](C)Nc1nnc(C)c2cnc(N3CCN4CCOC[C@]4(C)C3)cc12. The number of rotatable bonds is 4. The highest BCUT2D eigenvalue weighted by atomic mass is 19.1. The van der Waals surface area contributed by atoms with Crippen molar-refractivity contribution in [3.63, 3.8) is 0 Å². The highest BCUT2D eigenvalue weighted by Crippen LogP contribution is 2.32. The van der Waals surface area contributed by atoms with Gasteiger partial charge in [-0.15, -0.1) is 5.10 Å². The maximum absolute atomic E-state index is 13.6. The molecule has 0 amide bonds. The molecule has 174 valence electrons. The molecule has 0 unspecified atom stereocenters. The third kappa shape index (κ3) is 4.13. The van der Waals surface area contributed by atoms with Crippen molar-refractivity contribution in [2.75, 3.05) is 49.6 Å². The van der Waals surface area contributed by atoms with Gasteiger partial charge in [0.15, 0.2) is 5.82 Å².